The third-order valence-corrected chi connectivity index (χ3v) is 5.03. The Morgan fingerprint density at radius 3 is 2.71 bits per heavy atom. The zero-order chi connectivity index (χ0) is 20.3. The van der Waals surface area contributed by atoms with Crippen molar-refractivity contribution in [3.63, 3.8) is 0 Å². The second kappa shape index (κ2) is 8.63. The molecule has 1 unspecified atom stereocenters. The molecule has 2 aliphatic rings. The fourth-order valence-corrected chi connectivity index (χ4v) is 3.90. The standard InChI is InChI=1S/C23H29NO4/c1-5-13-27-19-12-7-6-9-16(19)21-20(23(26)28-14(2)3)15(4)24-17-10-8-11-18(25)22(17)21/h6-7,9,12,14,21,24H,5,8,10-11,13H2,1-4H3. The molecule has 0 amide bonds. The van der Waals surface area contributed by atoms with Crippen molar-refractivity contribution in [2.24, 2.45) is 0 Å². The largest absolute Gasteiger partial charge is 0.493 e. The Morgan fingerprint density at radius 1 is 1.25 bits per heavy atom. The van der Waals surface area contributed by atoms with Crippen LogP contribution in [0.15, 0.2) is 46.8 Å². The number of benzene rings is 1. The number of hydrogen-bond donors (Lipinski definition) is 1. The quantitative estimate of drug-likeness (QED) is 0.738. The molecule has 1 aliphatic carbocycles. The van der Waals surface area contributed by atoms with E-state index >= 15 is 0 Å². The molecule has 3 rings (SSSR count). The van der Waals surface area contributed by atoms with Crippen LogP contribution in [0.1, 0.15) is 64.9 Å². The molecule has 1 aromatic carbocycles. The van der Waals surface area contributed by atoms with Gasteiger partial charge >= 0.3 is 5.97 Å². The number of ketones is 1. The van der Waals surface area contributed by atoms with Crippen molar-refractivity contribution in [1.82, 2.24) is 5.32 Å². The average molecular weight is 383 g/mol. The Balaban J connectivity index is 2.15. The number of carbonyl (C=O) groups is 2. The van der Waals surface area contributed by atoms with Gasteiger partial charge in [-0.2, -0.15) is 0 Å². The molecule has 0 spiro atoms. The van der Waals surface area contributed by atoms with Crippen LogP contribution in [0.25, 0.3) is 0 Å². The summed E-state index contributed by atoms with van der Waals surface area (Å²) in [6.07, 6.45) is 2.77. The lowest BCUT2D eigenvalue weighted by atomic mass is 9.75. The Morgan fingerprint density at radius 2 is 2.00 bits per heavy atom. The first kappa shape index (κ1) is 20.2. The number of ether oxygens (including phenoxy) is 2. The SMILES string of the molecule is CCCOc1ccccc1C1C(C(=O)OC(C)C)=C(C)NC2=C1C(=O)CCC2. The summed E-state index contributed by atoms with van der Waals surface area (Å²) in [6.45, 7) is 8.16. The molecular weight excluding hydrogens is 354 g/mol. The summed E-state index contributed by atoms with van der Waals surface area (Å²) in [7, 11) is 0. The lowest BCUT2D eigenvalue weighted by molar-refractivity contribution is -0.143. The molecule has 1 N–H and O–H groups in total. The number of Topliss-reactive ketones (excluding diaryl/α,β-unsaturated/α-hetero) is 1. The number of hydrogen-bond acceptors (Lipinski definition) is 5. The van der Waals surface area contributed by atoms with E-state index in [0.717, 1.165) is 36.2 Å². The van der Waals surface area contributed by atoms with E-state index in [0.29, 0.717) is 29.9 Å². The van der Waals surface area contributed by atoms with Gasteiger partial charge in [-0.3, -0.25) is 4.79 Å². The van der Waals surface area contributed by atoms with Gasteiger partial charge < -0.3 is 14.8 Å². The second-order valence-corrected chi connectivity index (χ2v) is 7.61. The van der Waals surface area contributed by atoms with Gasteiger partial charge in [-0.25, -0.2) is 4.79 Å². The maximum Gasteiger partial charge on any atom is 0.337 e. The van der Waals surface area contributed by atoms with E-state index in [1.54, 1.807) is 0 Å². The first-order chi connectivity index (χ1) is 13.4. The van der Waals surface area contributed by atoms with Crippen LogP contribution in [0.2, 0.25) is 0 Å². The molecule has 1 aliphatic heterocycles. The Hall–Kier alpha value is -2.56. The highest BCUT2D eigenvalue weighted by molar-refractivity contribution is 6.04. The molecule has 28 heavy (non-hydrogen) atoms. The number of esters is 1. The van der Waals surface area contributed by atoms with Gasteiger partial charge in [0.2, 0.25) is 0 Å². The van der Waals surface area contributed by atoms with E-state index in [-0.39, 0.29) is 17.9 Å². The smallest absolute Gasteiger partial charge is 0.337 e. The predicted molar refractivity (Wildman–Crippen MR) is 108 cm³/mol. The second-order valence-electron chi connectivity index (χ2n) is 7.61. The van der Waals surface area contributed by atoms with Crippen molar-refractivity contribution >= 4 is 11.8 Å². The number of allylic oxidation sites excluding steroid dienone is 3. The highest BCUT2D eigenvalue weighted by atomic mass is 16.5. The van der Waals surface area contributed by atoms with Crippen molar-refractivity contribution < 1.29 is 19.1 Å². The number of para-hydroxylation sites is 1. The number of rotatable bonds is 6. The van der Waals surface area contributed by atoms with Crippen LogP contribution in [0.5, 0.6) is 5.75 Å². The molecule has 5 nitrogen and oxygen atoms in total. The molecule has 0 radical (unpaired) electrons. The van der Waals surface area contributed by atoms with Gasteiger partial charge in [-0.05, 0) is 46.1 Å². The van der Waals surface area contributed by atoms with Crippen molar-refractivity contribution in [3.05, 3.63) is 52.4 Å². The molecule has 5 heteroatoms. The van der Waals surface area contributed by atoms with Crippen molar-refractivity contribution in [2.75, 3.05) is 6.61 Å². The van der Waals surface area contributed by atoms with E-state index < -0.39 is 5.92 Å². The van der Waals surface area contributed by atoms with Gasteiger partial charge in [-0.1, -0.05) is 25.1 Å². The van der Waals surface area contributed by atoms with Gasteiger partial charge in [0.25, 0.3) is 0 Å². The summed E-state index contributed by atoms with van der Waals surface area (Å²) in [5, 5.41) is 3.31. The highest BCUT2D eigenvalue weighted by Crippen LogP contribution is 2.45. The average Bonchev–Trinajstić information content (AvgIpc) is 2.65. The van der Waals surface area contributed by atoms with Gasteiger partial charge in [0.15, 0.2) is 5.78 Å². The molecule has 1 atom stereocenters. The molecular formula is C23H29NO4. The minimum Gasteiger partial charge on any atom is -0.493 e. The fraction of sp³-hybridized carbons (Fsp3) is 0.478. The van der Waals surface area contributed by atoms with Crippen LogP contribution >= 0.6 is 0 Å². The third-order valence-electron chi connectivity index (χ3n) is 5.03. The lowest BCUT2D eigenvalue weighted by Crippen LogP contribution is -2.35. The Kier molecular flexibility index (Phi) is 6.22. The van der Waals surface area contributed by atoms with Crippen LogP contribution in [0.3, 0.4) is 0 Å². The summed E-state index contributed by atoms with van der Waals surface area (Å²) >= 11 is 0. The zero-order valence-electron chi connectivity index (χ0n) is 17.1. The number of nitrogens with one attached hydrogen (secondary N) is 1. The summed E-state index contributed by atoms with van der Waals surface area (Å²) in [6, 6.07) is 7.69. The van der Waals surface area contributed by atoms with E-state index in [1.165, 1.54) is 0 Å². The van der Waals surface area contributed by atoms with Gasteiger partial charge in [-0.15, -0.1) is 0 Å². The lowest BCUT2D eigenvalue weighted by Gasteiger charge is -2.35. The van der Waals surface area contributed by atoms with E-state index in [4.69, 9.17) is 9.47 Å². The Bertz CT molecular complexity index is 835. The minimum absolute atomic E-state index is 0.0893. The normalized spacial score (nSPS) is 19.5. The number of carbonyl (C=O) groups excluding carboxylic acids is 2. The molecule has 0 bridgehead atoms. The van der Waals surface area contributed by atoms with Crippen LogP contribution in [-0.2, 0) is 14.3 Å². The minimum atomic E-state index is -0.469. The molecule has 0 aromatic heterocycles. The van der Waals surface area contributed by atoms with Crippen molar-refractivity contribution in [1.29, 1.82) is 0 Å². The van der Waals surface area contributed by atoms with E-state index in [9.17, 15) is 9.59 Å². The first-order valence-corrected chi connectivity index (χ1v) is 10.1. The van der Waals surface area contributed by atoms with Crippen LogP contribution in [-0.4, -0.2) is 24.5 Å². The topological polar surface area (TPSA) is 64.6 Å². The van der Waals surface area contributed by atoms with Crippen LogP contribution < -0.4 is 10.1 Å². The first-order valence-electron chi connectivity index (χ1n) is 10.1. The maximum absolute atomic E-state index is 13.0. The van der Waals surface area contributed by atoms with Crippen LogP contribution in [0.4, 0.5) is 0 Å². The molecule has 0 fully saturated rings. The van der Waals surface area contributed by atoms with E-state index in [1.807, 2.05) is 52.0 Å². The van der Waals surface area contributed by atoms with Gasteiger partial charge in [0.05, 0.1) is 24.2 Å². The maximum atomic E-state index is 13.0. The third kappa shape index (κ3) is 3.98. The van der Waals surface area contributed by atoms with Crippen molar-refractivity contribution in [2.45, 2.75) is 65.4 Å². The molecule has 1 heterocycles. The molecule has 0 saturated carbocycles. The Labute approximate surface area is 166 Å². The summed E-state index contributed by atoms with van der Waals surface area (Å²) in [5.74, 6) is -0.0564. The summed E-state index contributed by atoms with van der Waals surface area (Å²) in [4.78, 5) is 25.9. The van der Waals surface area contributed by atoms with Crippen molar-refractivity contribution in [3.8, 4) is 5.75 Å². The summed E-state index contributed by atoms with van der Waals surface area (Å²) in [5.41, 5.74) is 3.69. The molecule has 0 saturated heterocycles. The highest BCUT2D eigenvalue weighted by Gasteiger charge is 2.40. The number of dihydropyridines is 1. The van der Waals surface area contributed by atoms with Gasteiger partial charge in [0, 0.05) is 29.0 Å². The van der Waals surface area contributed by atoms with Gasteiger partial charge in [0.1, 0.15) is 5.75 Å². The fourth-order valence-electron chi connectivity index (χ4n) is 3.90. The predicted octanol–water partition coefficient (Wildman–Crippen LogP) is 4.39. The molecule has 1 aromatic rings. The van der Waals surface area contributed by atoms with E-state index in [2.05, 4.69) is 5.32 Å². The summed E-state index contributed by atoms with van der Waals surface area (Å²) < 4.78 is 11.5. The zero-order valence-corrected chi connectivity index (χ0v) is 17.1. The molecule has 150 valence electrons. The van der Waals surface area contributed by atoms with Crippen LogP contribution in [0, 0.1) is 0 Å². The monoisotopic (exact) mass is 383 g/mol.